The molecule has 8 heteroatoms. The van der Waals surface area contributed by atoms with E-state index in [1.54, 1.807) is 17.0 Å². The van der Waals surface area contributed by atoms with Gasteiger partial charge in [0, 0.05) is 43.4 Å². The van der Waals surface area contributed by atoms with Crippen molar-refractivity contribution in [2.45, 2.75) is 4.90 Å². The average molecular weight is 430 g/mol. The zero-order chi connectivity index (χ0) is 20.6. The number of pyridine rings is 1. The van der Waals surface area contributed by atoms with Crippen LogP contribution in [-0.2, 0) is 9.84 Å². The molecular formula is C21H20ClN3O3S. The van der Waals surface area contributed by atoms with Crippen LogP contribution in [0.25, 0.3) is 10.8 Å². The maximum Gasteiger partial charge on any atom is 0.254 e. The van der Waals surface area contributed by atoms with E-state index < -0.39 is 9.84 Å². The van der Waals surface area contributed by atoms with Crippen LogP contribution < -0.4 is 4.90 Å². The first-order valence-corrected chi connectivity index (χ1v) is 11.5. The summed E-state index contributed by atoms with van der Waals surface area (Å²) < 4.78 is 23.5. The van der Waals surface area contributed by atoms with Crippen LogP contribution in [0, 0.1) is 0 Å². The minimum absolute atomic E-state index is 0.150. The number of nitrogens with zero attached hydrogens (tertiary/aromatic N) is 3. The fourth-order valence-electron chi connectivity index (χ4n) is 3.49. The number of hydrogen-bond donors (Lipinski definition) is 0. The van der Waals surface area contributed by atoms with Crippen molar-refractivity contribution >= 4 is 43.9 Å². The number of amides is 1. The van der Waals surface area contributed by atoms with Crippen LogP contribution in [0.15, 0.2) is 59.5 Å². The van der Waals surface area contributed by atoms with Gasteiger partial charge >= 0.3 is 0 Å². The van der Waals surface area contributed by atoms with E-state index in [0.717, 1.165) is 22.8 Å². The van der Waals surface area contributed by atoms with Gasteiger partial charge in [-0.3, -0.25) is 4.79 Å². The van der Waals surface area contributed by atoms with E-state index in [0.29, 0.717) is 36.9 Å². The molecule has 1 amide bonds. The standard InChI is InChI=1S/C21H20ClN3O3S/c1-29(27,28)17-7-4-6-16(13-17)21(26)25-11-9-24(10-12-25)19-14-15-5-2-3-8-18(15)20(22)23-19/h2-8,13-14H,9-12H2,1H3. The number of carbonyl (C=O) groups excluding carboxylic acids is 1. The van der Waals surface area contributed by atoms with Crippen LogP contribution in [0.2, 0.25) is 5.15 Å². The van der Waals surface area contributed by atoms with Crippen molar-refractivity contribution in [2.24, 2.45) is 0 Å². The number of benzene rings is 2. The Hall–Kier alpha value is -2.64. The first-order chi connectivity index (χ1) is 13.8. The quantitative estimate of drug-likeness (QED) is 0.598. The highest BCUT2D eigenvalue weighted by Crippen LogP contribution is 2.27. The van der Waals surface area contributed by atoms with E-state index in [-0.39, 0.29) is 10.8 Å². The molecule has 6 nitrogen and oxygen atoms in total. The highest BCUT2D eigenvalue weighted by molar-refractivity contribution is 7.90. The van der Waals surface area contributed by atoms with Crippen LogP contribution in [-0.4, -0.2) is 56.6 Å². The van der Waals surface area contributed by atoms with E-state index in [4.69, 9.17) is 11.6 Å². The second kappa shape index (κ2) is 7.65. The van der Waals surface area contributed by atoms with Crippen molar-refractivity contribution in [3.63, 3.8) is 0 Å². The lowest BCUT2D eigenvalue weighted by Crippen LogP contribution is -2.49. The number of sulfone groups is 1. The fraction of sp³-hybridized carbons (Fsp3) is 0.238. The molecule has 2 aromatic carbocycles. The molecule has 4 rings (SSSR count). The molecule has 0 aliphatic carbocycles. The number of fused-ring (bicyclic) bond motifs is 1. The monoisotopic (exact) mass is 429 g/mol. The zero-order valence-electron chi connectivity index (χ0n) is 15.9. The molecule has 0 N–H and O–H groups in total. The summed E-state index contributed by atoms with van der Waals surface area (Å²) in [4.78, 5) is 21.3. The summed E-state index contributed by atoms with van der Waals surface area (Å²) in [7, 11) is -3.36. The van der Waals surface area contributed by atoms with Gasteiger partial charge in [0.25, 0.3) is 5.91 Å². The van der Waals surface area contributed by atoms with Gasteiger partial charge in [0.1, 0.15) is 11.0 Å². The van der Waals surface area contributed by atoms with Gasteiger partial charge in [0.05, 0.1) is 4.90 Å². The number of hydrogen-bond acceptors (Lipinski definition) is 5. The van der Waals surface area contributed by atoms with Gasteiger partial charge in [-0.15, -0.1) is 0 Å². The van der Waals surface area contributed by atoms with Gasteiger partial charge in [-0.25, -0.2) is 13.4 Å². The maximum absolute atomic E-state index is 12.8. The summed E-state index contributed by atoms with van der Waals surface area (Å²) in [6, 6.07) is 16.0. The Bertz CT molecular complexity index is 1190. The van der Waals surface area contributed by atoms with Gasteiger partial charge in [0.15, 0.2) is 9.84 Å². The van der Waals surface area contributed by atoms with Gasteiger partial charge in [-0.2, -0.15) is 0 Å². The largest absolute Gasteiger partial charge is 0.353 e. The van der Waals surface area contributed by atoms with Gasteiger partial charge in [0.2, 0.25) is 0 Å². The molecule has 0 radical (unpaired) electrons. The van der Waals surface area contributed by atoms with Crippen molar-refractivity contribution in [1.29, 1.82) is 0 Å². The Morgan fingerprint density at radius 2 is 1.72 bits per heavy atom. The Balaban J connectivity index is 1.49. The van der Waals surface area contributed by atoms with Gasteiger partial charge in [-0.05, 0) is 29.7 Å². The van der Waals surface area contributed by atoms with Crippen LogP contribution in [0.5, 0.6) is 0 Å². The van der Waals surface area contributed by atoms with Crippen LogP contribution >= 0.6 is 11.6 Å². The summed E-state index contributed by atoms with van der Waals surface area (Å²) in [6.45, 7) is 2.29. The average Bonchev–Trinajstić information content (AvgIpc) is 2.73. The molecule has 1 aliphatic heterocycles. The van der Waals surface area contributed by atoms with Gasteiger partial charge < -0.3 is 9.80 Å². The van der Waals surface area contributed by atoms with Crippen molar-refractivity contribution in [3.05, 3.63) is 65.3 Å². The van der Waals surface area contributed by atoms with Crippen molar-refractivity contribution in [3.8, 4) is 0 Å². The van der Waals surface area contributed by atoms with E-state index >= 15 is 0 Å². The molecule has 0 saturated carbocycles. The van der Waals surface area contributed by atoms with Crippen LogP contribution in [0.3, 0.4) is 0 Å². The number of carbonyl (C=O) groups is 1. The van der Waals surface area contributed by atoms with E-state index in [9.17, 15) is 13.2 Å². The molecule has 0 atom stereocenters. The molecule has 1 aromatic heterocycles. The third-order valence-electron chi connectivity index (χ3n) is 5.08. The predicted octanol–water partition coefficient (Wildman–Crippen LogP) is 3.25. The molecule has 29 heavy (non-hydrogen) atoms. The Kier molecular flexibility index (Phi) is 5.19. The number of rotatable bonds is 3. The molecule has 1 fully saturated rings. The highest BCUT2D eigenvalue weighted by atomic mass is 35.5. The van der Waals surface area contributed by atoms with Gasteiger partial charge in [-0.1, -0.05) is 41.9 Å². The van der Waals surface area contributed by atoms with Crippen LogP contribution in [0.4, 0.5) is 5.82 Å². The molecule has 0 spiro atoms. The smallest absolute Gasteiger partial charge is 0.254 e. The first kappa shape index (κ1) is 19.7. The molecular weight excluding hydrogens is 410 g/mol. The topological polar surface area (TPSA) is 70.6 Å². The van der Waals surface area contributed by atoms with Crippen molar-refractivity contribution in [2.75, 3.05) is 37.3 Å². The molecule has 2 heterocycles. The van der Waals surface area contributed by atoms with Crippen LogP contribution in [0.1, 0.15) is 10.4 Å². The Morgan fingerprint density at radius 1 is 1.00 bits per heavy atom. The Morgan fingerprint density at radius 3 is 2.45 bits per heavy atom. The van der Waals surface area contributed by atoms with Crippen molar-refractivity contribution in [1.82, 2.24) is 9.88 Å². The highest BCUT2D eigenvalue weighted by Gasteiger charge is 2.24. The number of halogens is 1. The lowest BCUT2D eigenvalue weighted by atomic mass is 10.1. The summed E-state index contributed by atoms with van der Waals surface area (Å²) >= 11 is 6.34. The summed E-state index contributed by atoms with van der Waals surface area (Å²) in [5, 5.41) is 2.41. The number of anilines is 1. The predicted molar refractivity (Wildman–Crippen MR) is 114 cm³/mol. The minimum Gasteiger partial charge on any atom is -0.353 e. The summed E-state index contributed by atoms with van der Waals surface area (Å²) in [5.74, 6) is 0.625. The molecule has 0 bridgehead atoms. The first-order valence-electron chi connectivity index (χ1n) is 9.22. The van der Waals surface area contributed by atoms with E-state index in [1.165, 1.54) is 12.1 Å². The zero-order valence-corrected chi connectivity index (χ0v) is 17.4. The van der Waals surface area contributed by atoms with E-state index in [2.05, 4.69) is 9.88 Å². The third kappa shape index (κ3) is 4.06. The van der Waals surface area contributed by atoms with E-state index in [1.807, 2.05) is 30.3 Å². The number of piperazine rings is 1. The summed E-state index contributed by atoms with van der Waals surface area (Å²) in [5.41, 5.74) is 0.383. The SMILES string of the molecule is CS(=O)(=O)c1cccc(C(=O)N2CCN(c3cc4ccccc4c(Cl)n3)CC2)c1. The number of aromatic nitrogens is 1. The molecule has 150 valence electrons. The second-order valence-electron chi connectivity index (χ2n) is 7.07. The minimum atomic E-state index is -3.36. The van der Waals surface area contributed by atoms with Crippen molar-refractivity contribution < 1.29 is 13.2 Å². The fourth-order valence-corrected chi connectivity index (χ4v) is 4.41. The summed E-state index contributed by atoms with van der Waals surface area (Å²) in [6.07, 6.45) is 1.14. The third-order valence-corrected chi connectivity index (χ3v) is 6.48. The molecule has 3 aromatic rings. The maximum atomic E-state index is 12.8. The lowest BCUT2D eigenvalue weighted by molar-refractivity contribution is 0.0746. The molecule has 1 saturated heterocycles. The Labute approximate surface area is 174 Å². The normalized spacial score (nSPS) is 15.0. The molecule has 1 aliphatic rings. The second-order valence-corrected chi connectivity index (χ2v) is 9.45. The molecule has 0 unspecified atom stereocenters. The lowest BCUT2D eigenvalue weighted by Gasteiger charge is -2.35.